The van der Waals surface area contributed by atoms with Gasteiger partial charge in [0.2, 0.25) is 0 Å². The Morgan fingerprint density at radius 3 is 1.80 bits per heavy atom. The van der Waals surface area contributed by atoms with Crippen LogP contribution in [0.3, 0.4) is 0 Å². The molecule has 3 N–H and O–H groups in total. The number of rotatable bonds is 1. The average Bonchev–Trinajstić information content (AvgIpc) is 1.67. The monoisotopic (exact) mass is 152 g/mol. The summed E-state index contributed by atoms with van der Waals surface area (Å²) < 4.78 is 4.40. The van der Waals surface area contributed by atoms with Crippen LogP contribution in [0, 0.1) is 0 Å². The maximum atomic E-state index is 9.82. The second-order valence-corrected chi connectivity index (χ2v) is 1.24. The van der Waals surface area contributed by atoms with Crippen LogP contribution in [0.25, 0.3) is 0 Å². The Balaban J connectivity index is -0.000000107. The number of esters is 1. The van der Waals surface area contributed by atoms with Crippen LogP contribution in [-0.4, -0.2) is 29.8 Å². The quantitative estimate of drug-likeness (QED) is 0.526. The van der Waals surface area contributed by atoms with Crippen LogP contribution in [0.1, 0.15) is 20.8 Å². The first-order valence-electron chi connectivity index (χ1n) is 2.93. The van der Waals surface area contributed by atoms with Crippen molar-refractivity contribution in [1.29, 1.82) is 0 Å². The summed E-state index contributed by atoms with van der Waals surface area (Å²) in [4.78, 5) is 9.82. The summed E-state index contributed by atoms with van der Waals surface area (Å²) in [5, 5.41) is 7.57. The third-order valence-corrected chi connectivity index (χ3v) is 0.348. The topological polar surface area (TPSA) is 78.0 Å². The lowest BCUT2D eigenvalue weighted by atomic mass is 10.8. The summed E-state index contributed by atoms with van der Waals surface area (Å²) in [5.41, 5.74) is 0. The molecule has 0 saturated heterocycles. The van der Waals surface area contributed by atoms with Crippen molar-refractivity contribution < 1.29 is 20.1 Å². The van der Waals surface area contributed by atoms with E-state index in [-0.39, 0.29) is 18.1 Å². The molecule has 0 amide bonds. The molecule has 0 atom stereocenters. The molecule has 0 aromatic rings. The Morgan fingerprint density at radius 2 is 1.80 bits per heavy atom. The third-order valence-electron chi connectivity index (χ3n) is 0.348. The van der Waals surface area contributed by atoms with Gasteiger partial charge in [0.15, 0.2) is 0 Å². The number of ether oxygens (including phenoxy) is 1. The highest BCUT2D eigenvalue weighted by atomic mass is 16.5. The molecule has 0 rings (SSSR count). The summed E-state index contributed by atoms with van der Waals surface area (Å²) >= 11 is 0. The van der Waals surface area contributed by atoms with Crippen LogP contribution in [-0.2, 0) is 9.53 Å². The average molecular weight is 152 g/mol. The highest BCUT2D eigenvalue weighted by molar-refractivity contribution is 5.65. The standard InChI is InChI=1S/C4H8O2.C2H6O.H2O/c1-3-6-4(2)5;1-2-3;/h3H2,1-2H3;3H,2H2,1H3;1H2. The van der Waals surface area contributed by atoms with Crippen molar-refractivity contribution in [3.8, 4) is 0 Å². The van der Waals surface area contributed by atoms with Crippen molar-refractivity contribution in [2.45, 2.75) is 20.8 Å². The fourth-order valence-electron chi connectivity index (χ4n) is 0.203. The molecule has 64 valence electrons. The maximum Gasteiger partial charge on any atom is 0.302 e. The van der Waals surface area contributed by atoms with Gasteiger partial charge >= 0.3 is 5.97 Å². The molecule has 0 aliphatic carbocycles. The van der Waals surface area contributed by atoms with E-state index in [9.17, 15) is 4.79 Å². The number of hydrogen-bond donors (Lipinski definition) is 1. The van der Waals surface area contributed by atoms with Gasteiger partial charge in [-0.15, -0.1) is 0 Å². The smallest absolute Gasteiger partial charge is 0.302 e. The van der Waals surface area contributed by atoms with Crippen LogP contribution in [0.5, 0.6) is 0 Å². The zero-order chi connectivity index (χ0) is 7.70. The first-order chi connectivity index (χ1) is 4.18. The molecule has 0 aromatic carbocycles. The number of carbonyl (C=O) groups excluding carboxylic acids is 1. The Morgan fingerprint density at radius 1 is 1.50 bits per heavy atom. The van der Waals surface area contributed by atoms with Crippen LogP contribution >= 0.6 is 0 Å². The van der Waals surface area contributed by atoms with Crippen molar-refractivity contribution >= 4 is 5.97 Å². The Labute approximate surface area is 61.1 Å². The van der Waals surface area contributed by atoms with E-state index in [2.05, 4.69) is 4.74 Å². The van der Waals surface area contributed by atoms with Crippen molar-refractivity contribution in [2.24, 2.45) is 0 Å². The SMILES string of the molecule is CCO.CCOC(C)=O.O. The van der Waals surface area contributed by atoms with E-state index < -0.39 is 0 Å². The summed E-state index contributed by atoms with van der Waals surface area (Å²) in [7, 11) is 0. The molecule has 0 aliphatic heterocycles. The highest BCUT2D eigenvalue weighted by Crippen LogP contribution is 1.69. The summed E-state index contributed by atoms with van der Waals surface area (Å²) in [5.74, 6) is -0.211. The fraction of sp³-hybridized carbons (Fsp3) is 0.833. The van der Waals surface area contributed by atoms with Crippen molar-refractivity contribution in [3.63, 3.8) is 0 Å². The Hall–Kier alpha value is -0.610. The van der Waals surface area contributed by atoms with Crippen LogP contribution < -0.4 is 0 Å². The highest BCUT2D eigenvalue weighted by Gasteiger charge is 1.81. The van der Waals surface area contributed by atoms with Crippen LogP contribution in [0.15, 0.2) is 0 Å². The first kappa shape index (κ1) is 16.2. The number of aliphatic hydroxyl groups excluding tert-OH is 1. The van der Waals surface area contributed by atoms with E-state index in [0.29, 0.717) is 6.61 Å². The summed E-state index contributed by atoms with van der Waals surface area (Å²) in [6.45, 7) is 5.58. The van der Waals surface area contributed by atoms with E-state index >= 15 is 0 Å². The van der Waals surface area contributed by atoms with Crippen molar-refractivity contribution in [1.82, 2.24) is 0 Å². The second kappa shape index (κ2) is 15.8. The van der Waals surface area contributed by atoms with E-state index in [4.69, 9.17) is 5.11 Å². The van der Waals surface area contributed by atoms with Gasteiger partial charge in [0.1, 0.15) is 0 Å². The molecule has 4 nitrogen and oxygen atoms in total. The molecule has 0 bridgehead atoms. The van der Waals surface area contributed by atoms with Crippen LogP contribution in [0.4, 0.5) is 0 Å². The predicted molar refractivity (Wildman–Crippen MR) is 38.7 cm³/mol. The van der Waals surface area contributed by atoms with Gasteiger partial charge < -0.3 is 15.3 Å². The molecule has 10 heavy (non-hydrogen) atoms. The Bertz CT molecular complexity index is 62.8. The predicted octanol–water partition coefficient (Wildman–Crippen LogP) is -0.257. The van der Waals surface area contributed by atoms with E-state index in [1.54, 1.807) is 13.8 Å². The minimum atomic E-state index is -0.211. The van der Waals surface area contributed by atoms with E-state index in [1.807, 2.05) is 0 Å². The molecular formula is C6H16O4. The summed E-state index contributed by atoms with van der Waals surface area (Å²) in [6.07, 6.45) is 0. The molecular weight excluding hydrogens is 136 g/mol. The lowest BCUT2D eigenvalue weighted by Crippen LogP contribution is -1.95. The molecule has 0 fully saturated rings. The zero-order valence-corrected chi connectivity index (χ0v) is 6.68. The zero-order valence-electron chi connectivity index (χ0n) is 6.68. The van der Waals surface area contributed by atoms with Gasteiger partial charge in [-0.3, -0.25) is 4.79 Å². The van der Waals surface area contributed by atoms with Gasteiger partial charge in [-0.2, -0.15) is 0 Å². The lowest BCUT2D eigenvalue weighted by Gasteiger charge is -1.89. The molecule has 4 heteroatoms. The molecule has 0 radical (unpaired) electrons. The molecule has 0 heterocycles. The summed E-state index contributed by atoms with van der Waals surface area (Å²) in [6, 6.07) is 0. The van der Waals surface area contributed by atoms with Crippen molar-refractivity contribution in [3.05, 3.63) is 0 Å². The molecule has 0 aliphatic rings. The van der Waals surface area contributed by atoms with Gasteiger partial charge in [0.05, 0.1) is 6.61 Å². The van der Waals surface area contributed by atoms with Gasteiger partial charge in [-0.25, -0.2) is 0 Å². The van der Waals surface area contributed by atoms with Gasteiger partial charge in [-0.1, -0.05) is 0 Å². The van der Waals surface area contributed by atoms with Gasteiger partial charge in [0.25, 0.3) is 0 Å². The number of aliphatic hydroxyl groups is 1. The van der Waals surface area contributed by atoms with Gasteiger partial charge in [0, 0.05) is 13.5 Å². The lowest BCUT2D eigenvalue weighted by molar-refractivity contribution is -0.140. The molecule has 0 aromatic heterocycles. The number of hydrogen-bond acceptors (Lipinski definition) is 3. The fourth-order valence-corrected chi connectivity index (χ4v) is 0.203. The molecule has 0 saturated carbocycles. The minimum absolute atomic E-state index is 0. The normalized spacial score (nSPS) is 6.40. The van der Waals surface area contributed by atoms with Gasteiger partial charge in [-0.05, 0) is 13.8 Å². The first-order valence-corrected chi connectivity index (χ1v) is 2.93. The third kappa shape index (κ3) is 52.8. The molecule has 0 spiro atoms. The number of carbonyl (C=O) groups is 1. The van der Waals surface area contributed by atoms with E-state index in [1.165, 1.54) is 6.92 Å². The minimum Gasteiger partial charge on any atom is -0.466 e. The Kier molecular flexibility index (Phi) is 25.5. The van der Waals surface area contributed by atoms with Crippen LogP contribution in [0.2, 0.25) is 0 Å². The largest absolute Gasteiger partial charge is 0.466 e. The molecule has 0 unspecified atom stereocenters. The van der Waals surface area contributed by atoms with E-state index in [0.717, 1.165) is 0 Å². The van der Waals surface area contributed by atoms with Crippen molar-refractivity contribution in [2.75, 3.05) is 13.2 Å². The maximum absolute atomic E-state index is 9.82. The second-order valence-electron chi connectivity index (χ2n) is 1.24.